The van der Waals surface area contributed by atoms with E-state index in [0.29, 0.717) is 19.3 Å². The third-order valence-corrected chi connectivity index (χ3v) is 11.5. The van der Waals surface area contributed by atoms with E-state index in [1.807, 2.05) is 0 Å². The number of hydrogen-bond donors (Lipinski definition) is 0. The Bertz CT molecular complexity index is 1410. The highest BCUT2D eigenvalue weighted by molar-refractivity contribution is 5.71. The zero-order chi connectivity index (χ0) is 49.3. The van der Waals surface area contributed by atoms with Gasteiger partial charge in [-0.05, 0) is 122 Å². The van der Waals surface area contributed by atoms with Gasteiger partial charge >= 0.3 is 17.9 Å². The predicted octanol–water partition coefficient (Wildman–Crippen LogP) is 18.7. The molecule has 386 valence electrons. The van der Waals surface area contributed by atoms with Gasteiger partial charge in [-0.2, -0.15) is 0 Å². The number of hydrogen-bond acceptors (Lipinski definition) is 6. The Morgan fingerprint density at radius 2 is 0.603 bits per heavy atom. The number of carbonyl (C=O) groups excluding carboxylic acids is 3. The SMILES string of the molecule is CC/C=C\C/C=C\C/C=C\C/C=C\C/C=C\CCCCCC(=O)OCC(COC(=O)CCCCCCC/C=C\C/C=C\CCC)OC(=O)CCCCCCCCC/C=C\C/C=C\CCCCCC. The third-order valence-electron chi connectivity index (χ3n) is 11.5. The van der Waals surface area contributed by atoms with Crippen molar-refractivity contribution in [3.8, 4) is 0 Å². The minimum Gasteiger partial charge on any atom is -0.462 e. The first kappa shape index (κ1) is 64.1. The summed E-state index contributed by atoms with van der Waals surface area (Å²) in [7, 11) is 0. The summed E-state index contributed by atoms with van der Waals surface area (Å²) in [6.45, 7) is 6.39. The van der Waals surface area contributed by atoms with Crippen LogP contribution >= 0.6 is 0 Å². The van der Waals surface area contributed by atoms with Gasteiger partial charge in [0.15, 0.2) is 6.10 Å². The Balaban J connectivity index is 4.48. The van der Waals surface area contributed by atoms with E-state index in [-0.39, 0.29) is 31.1 Å². The smallest absolute Gasteiger partial charge is 0.306 e. The highest BCUT2D eigenvalue weighted by atomic mass is 16.6. The molecule has 0 aromatic carbocycles. The maximum Gasteiger partial charge on any atom is 0.306 e. The molecule has 68 heavy (non-hydrogen) atoms. The first-order valence-electron chi connectivity index (χ1n) is 27.9. The largest absolute Gasteiger partial charge is 0.462 e. The lowest BCUT2D eigenvalue weighted by Gasteiger charge is -2.18. The molecule has 0 bridgehead atoms. The summed E-state index contributed by atoms with van der Waals surface area (Å²) < 4.78 is 16.8. The zero-order valence-electron chi connectivity index (χ0n) is 44.1. The predicted molar refractivity (Wildman–Crippen MR) is 293 cm³/mol. The van der Waals surface area contributed by atoms with Gasteiger partial charge in [0.1, 0.15) is 13.2 Å². The van der Waals surface area contributed by atoms with Crippen LogP contribution in [0.5, 0.6) is 0 Å². The van der Waals surface area contributed by atoms with Gasteiger partial charge in [0.05, 0.1) is 0 Å². The summed E-state index contributed by atoms with van der Waals surface area (Å²) in [5, 5.41) is 0. The van der Waals surface area contributed by atoms with Crippen LogP contribution in [0, 0.1) is 0 Å². The normalized spacial score (nSPS) is 12.9. The minimum absolute atomic E-state index is 0.101. The van der Waals surface area contributed by atoms with Gasteiger partial charge in [0, 0.05) is 19.3 Å². The van der Waals surface area contributed by atoms with E-state index in [4.69, 9.17) is 14.2 Å². The second-order valence-corrected chi connectivity index (χ2v) is 18.1. The number of allylic oxidation sites excluding steroid dienone is 18. The Morgan fingerprint density at radius 3 is 0.971 bits per heavy atom. The number of carbonyl (C=O) groups is 3. The fraction of sp³-hybridized carbons (Fsp3) is 0.661. The molecule has 0 heterocycles. The minimum atomic E-state index is -0.804. The van der Waals surface area contributed by atoms with Crippen LogP contribution in [-0.4, -0.2) is 37.2 Å². The molecule has 0 amide bonds. The average Bonchev–Trinajstić information content (AvgIpc) is 3.34. The molecule has 0 aromatic rings. The van der Waals surface area contributed by atoms with Crippen LogP contribution in [0.2, 0.25) is 0 Å². The van der Waals surface area contributed by atoms with Gasteiger partial charge in [-0.1, -0.05) is 214 Å². The Morgan fingerprint density at radius 1 is 0.309 bits per heavy atom. The van der Waals surface area contributed by atoms with E-state index in [9.17, 15) is 14.4 Å². The molecule has 6 heteroatoms. The highest BCUT2D eigenvalue weighted by Crippen LogP contribution is 2.14. The molecular formula is C62H102O6. The maximum absolute atomic E-state index is 12.8. The number of rotatable bonds is 49. The Labute approximate surface area is 419 Å². The van der Waals surface area contributed by atoms with Gasteiger partial charge in [-0.25, -0.2) is 0 Å². The van der Waals surface area contributed by atoms with Crippen molar-refractivity contribution in [2.45, 2.75) is 252 Å². The summed E-state index contributed by atoms with van der Waals surface area (Å²) >= 11 is 0. The third kappa shape index (κ3) is 53.0. The van der Waals surface area contributed by atoms with E-state index in [1.165, 1.54) is 64.2 Å². The van der Waals surface area contributed by atoms with E-state index >= 15 is 0 Å². The van der Waals surface area contributed by atoms with Crippen LogP contribution in [0.3, 0.4) is 0 Å². The molecule has 0 rings (SSSR count). The molecule has 0 N–H and O–H groups in total. The van der Waals surface area contributed by atoms with E-state index < -0.39 is 6.10 Å². The Hall–Kier alpha value is -3.93. The molecule has 6 nitrogen and oxygen atoms in total. The summed E-state index contributed by atoms with van der Waals surface area (Å²) in [6, 6.07) is 0. The zero-order valence-corrected chi connectivity index (χ0v) is 44.1. The molecule has 0 radical (unpaired) electrons. The van der Waals surface area contributed by atoms with Crippen molar-refractivity contribution in [1.29, 1.82) is 0 Å². The van der Waals surface area contributed by atoms with Crippen molar-refractivity contribution < 1.29 is 28.6 Å². The van der Waals surface area contributed by atoms with Crippen LogP contribution in [0.15, 0.2) is 109 Å². The monoisotopic (exact) mass is 943 g/mol. The Kier molecular flexibility index (Phi) is 52.4. The van der Waals surface area contributed by atoms with Gasteiger partial charge < -0.3 is 14.2 Å². The fourth-order valence-electron chi connectivity index (χ4n) is 7.30. The number of unbranched alkanes of at least 4 members (excludes halogenated alkanes) is 20. The standard InChI is InChI=1S/C62H102O6/c1-4-7-10-13-16-19-22-25-27-29-31-33-34-37-40-43-46-49-52-55-61(64)67-58-59(57-66-60(63)54-51-48-45-42-39-36-24-21-18-15-12-9-6-3)68-62(65)56-53-50-47-44-41-38-35-32-30-28-26-23-20-17-14-11-8-5-2/h7,10,12,15-16,19-21,23-25,27-28,30-31,33,37,40,59H,4-6,8-9,11,13-14,17-18,22,26,29,32,34-36,38-39,41-58H2,1-3H3/b10-7-,15-12-,19-16-,23-20-,24-21-,27-25-,30-28-,33-31-,40-37-. The van der Waals surface area contributed by atoms with Crippen molar-refractivity contribution in [3.05, 3.63) is 109 Å². The second-order valence-electron chi connectivity index (χ2n) is 18.1. The quantitative estimate of drug-likeness (QED) is 0.0262. The fourth-order valence-corrected chi connectivity index (χ4v) is 7.30. The topological polar surface area (TPSA) is 78.9 Å². The van der Waals surface area contributed by atoms with Crippen LogP contribution in [0.25, 0.3) is 0 Å². The van der Waals surface area contributed by atoms with Crippen molar-refractivity contribution in [1.82, 2.24) is 0 Å². The van der Waals surface area contributed by atoms with Crippen LogP contribution in [0.1, 0.15) is 245 Å². The highest BCUT2D eigenvalue weighted by Gasteiger charge is 2.19. The summed E-state index contributed by atoms with van der Waals surface area (Å²) in [5.74, 6) is -0.957. The summed E-state index contributed by atoms with van der Waals surface area (Å²) in [6.07, 6.45) is 75.0. The molecule has 0 saturated carbocycles. The van der Waals surface area contributed by atoms with Crippen LogP contribution < -0.4 is 0 Å². The van der Waals surface area contributed by atoms with Crippen molar-refractivity contribution in [3.63, 3.8) is 0 Å². The van der Waals surface area contributed by atoms with Gasteiger partial charge in [0.2, 0.25) is 0 Å². The molecule has 0 saturated heterocycles. The lowest BCUT2D eigenvalue weighted by Crippen LogP contribution is -2.30. The maximum atomic E-state index is 12.8. The average molecular weight is 943 g/mol. The lowest BCUT2D eigenvalue weighted by atomic mass is 10.1. The first-order chi connectivity index (χ1) is 33.5. The van der Waals surface area contributed by atoms with E-state index in [2.05, 4.69) is 130 Å². The van der Waals surface area contributed by atoms with Crippen LogP contribution in [-0.2, 0) is 28.6 Å². The summed E-state index contributed by atoms with van der Waals surface area (Å²) in [5.41, 5.74) is 0. The van der Waals surface area contributed by atoms with Gasteiger partial charge in [-0.15, -0.1) is 0 Å². The second kappa shape index (κ2) is 55.7. The molecule has 0 aliphatic carbocycles. The van der Waals surface area contributed by atoms with Crippen molar-refractivity contribution >= 4 is 17.9 Å². The molecule has 1 atom stereocenters. The molecule has 0 spiro atoms. The lowest BCUT2D eigenvalue weighted by molar-refractivity contribution is -0.167. The first-order valence-corrected chi connectivity index (χ1v) is 27.9. The van der Waals surface area contributed by atoms with Gasteiger partial charge in [0.25, 0.3) is 0 Å². The van der Waals surface area contributed by atoms with Gasteiger partial charge in [-0.3, -0.25) is 14.4 Å². The van der Waals surface area contributed by atoms with E-state index in [1.54, 1.807) is 0 Å². The molecular weight excluding hydrogens is 841 g/mol. The molecule has 1 unspecified atom stereocenters. The van der Waals surface area contributed by atoms with Crippen molar-refractivity contribution in [2.24, 2.45) is 0 Å². The molecule has 0 aliphatic heterocycles. The number of ether oxygens (including phenoxy) is 3. The summed E-state index contributed by atoms with van der Waals surface area (Å²) in [4.78, 5) is 38.1. The molecule has 0 fully saturated rings. The van der Waals surface area contributed by atoms with E-state index in [0.717, 1.165) is 141 Å². The van der Waals surface area contributed by atoms with Crippen molar-refractivity contribution in [2.75, 3.05) is 13.2 Å². The molecule has 0 aliphatic rings. The molecule has 0 aromatic heterocycles. The number of esters is 3. The van der Waals surface area contributed by atoms with Crippen LogP contribution in [0.4, 0.5) is 0 Å².